The lowest BCUT2D eigenvalue weighted by Crippen LogP contribution is -2.34. The fraction of sp³-hybridized carbons (Fsp3) is 0.440. The zero-order valence-electron chi connectivity index (χ0n) is 19.3. The quantitative estimate of drug-likeness (QED) is 0.612. The Morgan fingerprint density at radius 2 is 1.78 bits per heavy atom. The highest BCUT2D eigenvalue weighted by atomic mass is 16.5. The summed E-state index contributed by atoms with van der Waals surface area (Å²) in [5.74, 6) is 1.50. The zero-order valence-corrected chi connectivity index (χ0v) is 19.3. The van der Waals surface area contributed by atoms with Gasteiger partial charge >= 0.3 is 0 Å². The molecule has 1 aliphatic rings. The van der Waals surface area contributed by atoms with Crippen molar-refractivity contribution in [2.75, 3.05) is 38.3 Å². The Morgan fingerprint density at radius 3 is 2.50 bits per heavy atom. The van der Waals surface area contributed by atoms with Crippen LogP contribution in [-0.4, -0.2) is 45.2 Å². The smallest absolute Gasteiger partial charge is 0.227 e. The van der Waals surface area contributed by atoms with Gasteiger partial charge in [0.05, 0.1) is 31.9 Å². The number of nitrogens with zero attached hydrogens (tertiary/aromatic N) is 1. The number of methoxy groups -OCH3 is 1. The molecule has 0 aliphatic carbocycles. The van der Waals surface area contributed by atoms with Crippen LogP contribution in [0.25, 0.3) is 0 Å². The fourth-order valence-electron chi connectivity index (χ4n) is 3.85. The molecule has 1 N–H and O–H groups in total. The third-order valence-electron chi connectivity index (χ3n) is 5.44. The van der Waals surface area contributed by atoms with Crippen molar-refractivity contribution < 1.29 is 23.8 Å². The fourth-order valence-corrected chi connectivity index (χ4v) is 3.85. The Kier molecular flexibility index (Phi) is 7.98. The van der Waals surface area contributed by atoms with Gasteiger partial charge in [-0.2, -0.15) is 0 Å². The van der Waals surface area contributed by atoms with Crippen LogP contribution in [-0.2, 0) is 16.0 Å². The first kappa shape index (κ1) is 23.4. The highest BCUT2D eigenvalue weighted by Crippen LogP contribution is 2.34. The number of nitrogens with one attached hydrogen (secondary N) is 1. The number of hydrogen-bond donors (Lipinski definition) is 1. The van der Waals surface area contributed by atoms with Gasteiger partial charge in [-0.1, -0.05) is 12.1 Å². The van der Waals surface area contributed by atoms with Crippen molar-refractivity contribution in [1.82, 2.24) is 5.32 Å². The van der Waals surface area contributed by atoms with E-state index in [1.165, 1.54) is 0 Å². The second kappa shape index (κ2) is 10.9. The van der Waals surface area contributed by atoms with E-state index in [0.717, 1.165) is 16.9 Å². The maximum Gasteiger partial charge on any atom is 0.227 e. The largest absolute Gasteiger partial charge is 0.495 e. The molecule has 0 radical (unpaired) electrons. The van der Waals surface area contributed by atoms with E-state index in [1.807, 2.05) is 57.2 Å². The van der Waals surface area contributed by atoms with Crippen LogP contribution >= 0.6 is 0 Å². The summed E-state index contributed by atoms with van der Waals surface area (Å²) >= 11 is 0. The second-order valence-corrected chi connectivity index (χ2v) is 7.77. The molecule has 0 saturated carbocycles. The van der Waals surface area contributed by atoms with Gasteiger partial charge in [0.2, 0.25) is 11.8 Å². The third-order valence-corrected chi connectivity index (χ3v) is 5.44. The summed E-state index contributed by atoms with van der Waals surface area (Å²) in [7, 11) is 1.58. The number of benzene rings is 2. The lowest BCUT2D eigenvalue weighted by molar-refractivity contribution is -0.126. The molecule has 7 heteroatoms. The molecule has 2 amide bonds. The van der Waals surface area contributed by atoms with Crippen LogP contribution in [0.4, 0.5) is 5.69 Å². The van der Waals surface area contributed by atoms with E-state index in [-0.39, 0.29) is 24.2 Å². The minimum absolute atomic E-state index is 0.0677. The molecule has 0 spiro atoms. The summed E-state index contributed by atoms with van der Waals surface area (Å²) in [6.45, 7) is 7.79. The molecule has 3 rings (SSSR count). The van der Waals surface area contributed by atoms with E-state index in [4.69, 9.17) is 14.2 Å². The lowest BCUT2D eigenvalue weighted by atomic mass is 10.1. The summed E-state index contributed by atoms with van der Waals surface area (Å²) in [6.07, 6.45) is 0.856. The molecule has 7 nitrogen and oxygen atoms in total. The summed E-state index contributed by atoms with van der Waals surface area (Å²) in [6, 6.07) is 11.5. The molecular weight excluding hydrogens is 408 g/mol. The number of carbonyl (C=O) groups is 2. The van der Waals surface area contributed by atoms with E-state index in [2.05, 4.69) is 5.32 Å². The zero-order chi connectivity index (χ0) is 23.1. The maximum absolute atomic E-state index is 12.7. The molecule has 2 aromatic rings. The average molecular weight is 441 g/mol. The first-order valence-electron chi connectivity index (χ1n) is 11.1. The molecule has 172 valence electrons. The summed E-state index contributed by atoms with van der Waals surface area (Å²) in [4.78, 5) is 27.0. The molecule has 2 aromatic carbocycles. The normalized spacial score (nSPS) is 15.6. The van der Waals surface area contributed by atoms with E-state index >= 15 is 0 Å². The van der Waals surface area contributed by atoms with E-state index in [1.54, 1.807) is 12.0 Å². The van der Waals surface area contributed by atoms with Crippen LogP contribution in [0.15, 0.2) is 36.4 Å². The van der Waals surface area contributed by atoms with Crippen molar-refractivity contribution in [3.63, 3.8) is 0 Å². The second-order valence-electron chi connectivity index (χ2n) is 7.77. The SMILES string of the molecule is CCOc1ccc(CCNC(=O)C2CC(=O)N(c3cc(C)ccc3OC)C2)cc1OCC. The Morgan fingerprint density at radius 1 is 1.06 bits per heavy atom. The lowest BCUT2D eigenvalue weighted by Gasteiger charge is -2.20. The number of anilines is 1. The highest BCUT2D eigenvalue weighted by Gasteiger charge is 2.36. The number of ether oxygens (including phenoxy) is 3. The number of rotatable bonds is 10. The first-order chi connectivity index (χ1) is 15.5. The standard InChI is InChI=1S/C25H32N2O5/c1-5-31-22-10-8-18(14-23(22)32-6-2)11-12-26-25(29)19-15-24(28)27(16-19)20-13-17(3)7-9-21(20)30-4/h7-10,13-14,19H,5-6,11-12,15-16H2,1-4H3,(H,26,29). The third kappa shape index (κ3) is 5.52. The van der Waals surface area contributed by atoms with Crippen LogP contribution in [0, 0.1) is 12.8 Å². The van der Waals surface area contributed by atoms with Crippen LogP contribution in [0.1, 0.15) is 31.4 Å². The van der Waals surface area contributed by atoms with Gasteiger partial charge in [0.15, 0.2) is 11.5 Å². The van der Waals surface area contributed by atoms with Crippen LogP contribution in [0.3, 0.4) is 0 Å². The van der Waals surface area contributed by atoms with E-state index < -0.39 is 0 Å². The molecule has 1 fully saturated rings. The van der Waals surface area contributed by atoms with Crippen molar-refractivity contribution in [3.8, 4) is 17.2 Å². The van der Waals surface area contributed by atoms with Crippen molar-refractivity contribution in [2.45, 2.75) is 33.6 Å². The predicted octanol–water partition coefficient (Wildman–Crippen LogP) is 3.51. The molecular formula is C25H32N2O5. The molecule has 1 atom stereocenters. The Balaban J connectivity index is 1.58. The van der Waals surface area contributed by atoms with Crippen molar-refractivity contribution in [3.05, 3.63) is 47.5 Å². The summed E-state index contributed by atoms with van der Waals surface area (Å²) in [5.41, 5.74) is 2.79. The molecule has 1 unspecified atom stereocenters. The van der Waals surface area contributed by atoms with Crippen molar-refractivity contribution in [1.29, 1.82) is 0 Å². The number of aryl methyl sites for hydroxylation is 1. The summed E-state index contributed by atoms with van der Waals surface area (Å²) < 4.78 is 16.7. The minimum atomic E-state index is -0.382. The van der Waals surface area contributed by atoms with Crippen molar-refractivity contribution in [2.24, 2.45) is 5.92 Å². The van der Waals surface area contributed by atoms with Crippen molar-refractivity contribution >= 4 is 17.5 Å². The molecule has 1 heterocycles. The molecule has 32 heavy (non-hydrogen) atoms. The van der Waals surface area contributed by atoms with Gasteiger partial charge < -0.3 is 24.4 Å². The minimum Gasteiger partial charge on any atom is -0.495 e. The van der Waals surface area contributed by atoms with Crippen LogP contribution in [0.5, 0.6) is 17.2 Å². The van der Waals surface area contributed by atoms with Gasteiger partial charge in [-0.15, -0.1) is 0 Å². The number of amides is 2. The topological polar surface area (TPSA) is 77.1 Å². The Labute approximate surface area is 189 Å². The molecule has 1 aliphatic heterocycles. The molecule has 1 saturated heterocycles. The van der Waals surface area contributed by atoms with E-state index in [9.17, 15) is 9.59 Å². The number of hydrogen-bond acceptors (Lipinski definition) is 5. The Hall–Kier alpha value is -3.22. The van der Waals surface area contributed by atoms with Gasteiger partial charge in [-0.05, 0) is 62.6 Å². The summed E-state index contributed by atoms with van der Waals surface area (Å²) in [5, 5.41) is 2.98. The number of carbonyl (C=O) groups excluding carboxylic acids is 2. The van der Waals surface area contributed by atoms with E-state index in [0.29, 0.717) is 49.9 Å². The Bertz CT molecular complexity index is 959. The predicted molar refractivity (Wildman–Crippen MR) is 124 cm³/mol. The van der Waals surface area contributed by atoms with Gasteiger partial charge in [0.25, 0.3) is 0 Å². The van der Waals surface area contributed by atoms with Gasteiger partial charge in [-0.25, -0.2) is 0 Å². The monoisotopic (exact) mass is 440 g/mol. The molecule has 0 aromatic heterocycles. The van der Waals surface area contributed by atoms with Crippen LogP contribution < -0.4 is 24.4 Å². The van der Waals surface area contributed by atoms with Gasteiger partial charge in [0.1, 0.15) is 5.75 Å². The average Bonchev–Trinajstić information content (AvgIpc) is 3.17. The first-order valence-corrected chi connectivity index (χ1v) is 11.1. The van der Waals surface area contributed by atoms with Gasteiger partial charge in [0, 0.05) is 19.5 Å². The highest BCUT2D eigenvalue weighted by molar-refractivity contribution is 6.01. The van der Waals surface area contributed by atoms with Gasteiger partial charge in [-0.3, -0.25) is 9.59 Å². The van der Waals surface area contributed by atoms with Crippen LogP contribution in [0.2, 0.25) is 0 Å². The molecule has 0 bridgehead atoms. The maximum atomic E-state index is 12.7.